The second kappa shape index (κ2) is 8.17. The van der Waals surface area contributed by atoms with Gasteiger partial charge in [-0.3, -0.25) is 4.79 Å². The highest BCUT2D eigenvalue weighted by Gasteiger charge is 2.34. The lowest BCUT2D eigenvalue weighted by atomic mass is 10.1. The first-order chi connectivity index (χ1) is 13.7. The number of hydrogen-bond donors (Lipinski definition) is 0. The minimum Gasteiger partial charge on any atom is -0.328 e. The molecule has 0 saturated carbocycles. The van der Waals surface area contributed by atoms with E-state index in [1.807, 2.05) is 11.0 Å². The van der Waals surface area contributed by atoms with E-state index in [2.05, 4.69) is 60.9 Å². The normalized spacial score (nSPS) is 17.0. The van der Waals surface area contributed by atoms with E-state index in [0.29, 0.717) is 13.0 Å². The molecule has 1 saturated heterocycles. The minimum atomic E-state index is 0.145. The van der Waals surface area contributed by atoms with Gasteiger partial charge in [0.25, 0.3) is 0 Å². The highest BCUT2D eigenvalue weighted by molar-refractivity contribution is 5.96. The number of rotatable bonds is 7. The third-order valence-corrected chi connectivity index (χ3v) is 5.69. The van der Waals surface area contributed by atoms with E-state index < -0.39 is 0 Å². The molecule has 146 valence electrons. The molecule has 0 radical (unpaired) electrons. The van der Waals surface area contributed by atoms with Crippen LogP contribution in [0.5, 0.6) is 0 Å². The molecule has 0 aliphatic carbocycles. The summed E-state index contributed by atoms with van der Waals surface area (Å²) in [5.41, 5.74) is 4.55. The van der Waals surface area contributed by atoms with Gasteiger partial charge in [-0.2, -0.15) is 0 Å². The first kappa shape index (κ1) is 18.7. The highest BCUT2D eigenvalue weighted by Crippen LogP contribution is 2.33. The Bertz CT molecular complexity index is 958. The van der Waals surface area contributed by atoms with Crippen LogP contribution in [0.25, 0.3) is 11.0 Å². The van der Waals surface area contributed by atoms with E-state index in [-0.39, 0.29) is 11.8 Å². The van der Waals surface area contributed by atoms with Crippen LogP contribution in [-0.2, 0) is 17.8 Å². The summed E-state index contributed by atoms with van der Waals surface area (Å²) >= 11 is 0. The molecule has 4 rings (SSSR count). The van der Waals surface area contributed by atoms with Crippen LogP contribution >= 0.6 is 0 Å². The van der Waals surface area contributed by atoms with Gasteiger partial charge in [0, 0.05) is 31.1 Å². The molecule has 0 N–H and O–H groups in total. The highest BCUT2D eigenvalue weighted by atomic mass is 16.2. The van der Waals surface area contributed by atoms with Crippen LogP contribution in [-0.4, -0.2) is 22.0 Å². The van der Waals surface area contributed by atoms with Crippen LogP contribution in [0.1, 0.15) is 56.8 Å². The van der Waals surface area contributed by atoms with Crippen LogP contribution in [0.3, 0.4) is 0 Å². The summed E-state index contributed by atoms with van der Waals surface area (Å²) < 4.78 is 2.31. The van der Waals surface area contributed by atoms with Gasteiger partial charge in [0.05, 0.1) is 11.0 Å². The number of unbranched alkanes of at least 4 members (excludes halogenated alkanes) is 1. The third-order valence-electron chi connectivity index (χ3n) is 5.69. The van der Waals surface area contributed by atoms with Gasteiger partial charge >= 0.3 is 0 Å². The van der Waals surface area contributed by atoms with Crippen LogP contribution in [0, 0.1) is 0 Å². The van der Waals surface area contributed by atoms with Crippen molar-refractivity contribution in [3.05, 3.63) is 59.9 Å². The predicted molar refractivity (Wildman–Crippen MR) is 115 cm³/mol. The number of aromatic nitrogens is 2. The Morgan fingerprint density at radius 2 is 1.82 bits per heavy atom. The summed E-state index contributed by atoms with van der Waals surface area (Å²) in [5, 5.41) is 0. The average molecular weight is 376 g/mol. The number of carbonyl (C=O) groups excluding carboxylic acids is 1. The number of benzene rings is 2. The van der Waals surface area contributed by atoms with Crippen LogP contribution in [0.15, 0.2) is 48.5 Å². The molecule has 3 aromatic rings. The maximum atomic E-state index is 12.8. The lowest BCUT2D eigenvalue weighted by Gasteiger charge is -2.18. The molecule has 1 amide bonds. The fraction of sp³-hybridized carbons (Fsp3) is 0.417. The largest absolute Gasteiger partial charge is 0.328 e. The van der Waals surface area contributed by atoms with Crippen molar-refractivity contribution < 1.29 is 4.79 Å². The van der Waals surface area contributed by atoms with Crippen molar-refractivity contribution in [2.75, 3.05) is 11.4 Å². The SMILES string of the molecule is CCCCc1ccc(N2CC(c3nc4ccccc4n3CCC)CC2=O)cc1. The molecule has 1 unspecified atom stereocenters. The van der Waals surface area contributed by atoms with Crippen LogP contribution in [0.2, 0.25) is 0 Å². The number of hydrogen-bond acceptors (Lipinski definition) is 2. The topological polar surface area (TPSA) is 38.1 Å². The van der Waals surface area contributed by atoms with Crippen molar-refractivity contribution in [1.29, 1.82) is 0 Å². The van der Waals surface area contributed by atoms with Gasteiger partial charge in [0.2, 0.25) is 5.91 Å². The Labute approximate surface area is 167 Å². The number of fused-ring (bicyclic) bond motifs is 1. The second-order valence-corrected chi connectivity index (χ2v) is 7.79. The molecule has 1 aliphatic rings. The molecule has 2 heterocycles. The minimum absolute atomic E-state index is 0.145. The van der Waals surface area contributed by atoms with Gasteiger partial charge in [-0.15, -0.1) is 0 Å². The van der Waals surface area contributed by atoms with E-state index >= 15 is 0 Å². The van der Waals surface area contributed by atoms with Crippen molar-refractivity contribution in [2.24, 2.45) is 0 Å². The van der Waals surface area contributed by atoms with Crippen molar-refractivity contribution in [2.45, 2.75) is 58.4 Å². The Balaban J connectivity index is 1.58. The summed E-state index contributed by atoms with van der Waals surface area (Å²) in [6, 6.07) is 16.8. The lowest BCUT2D eigenvalue weighted by Crippen LogP contribution is -2.24. The molecule has 1 atom stereocenters. The summed E-state index contributed by atoms with van der Waals surface area (Å²) in [6.45, 7) is 6.04. The zero-order valence-corrected chi connectivity index (χ0v) is 16.9. The molecule has 0 bridgehead atoms. The van der Waals surface area contributed by atoms with E-state index in [0.717, 1.165) is 36.4 Å². The Hall–Kier alpha value is -2.62. The molecule has 1 aromatic heterocycles. The Morgan fingerprint density at radius 3 is 2.57 bits per heavy atom. The first-order valence-corrected chi connectivity index (χ1v) is 10.6. The molecule has 1 aliphatic heterocycles. The number of amides is 1. The fourth-order valence-corrected chi connectivity index (χ4v) is 4.22. The van der Waals surface area contributed by atoms with Crippen molar-refractivity contribution in [1.82, 2.24) is 9.55 Å². The molecule has 0 spiro atoms. The van der Waals surface area contributed by atoms with Crippen LogP contribution < -0.4 is 4.90 Å². The van der Waals surface area contributed by atoms with Gasteiger partial charge in [0.1, 0.15) is 5.82 Å². The molecule has 28 heavy (non-hydrogen) atoms. The zero-order chi connectivity index (χ0) is 19.5. The quantitative estimate of drug-likeness (QED) is 0.561. The molecule has 4 nitrogen and oxygen atoms in total. The number of aryl methyl sites for hydroxylation is 2. The van der Waals surface area contributed by atoms with Gasteiger partial charge < -0.3 is 9.47 Å². The monoisotopic (exact) mass is 375 g/mol. The van der Waals surface area contributed by atoms with E-state index in [4.69, 9.17) is 4.98 Å². The zero-order valence-electron chi connectivity index (χ0n) is 16.9. The number of carbonyl (C=O) groups is 1. The third kappa shape index (κ3) is 3.56. The second-order valence-electron chi connectivity index (χ2n) is 7.79. The predicted octanol–water partition coefficient (Wildman–Crippen LogP) is 5.31. The molecule has 1 fully saturated rings. The van der Waals surface area contributed by atoms with Crippen molar-refractivity contribution in [3.8, 4) is 0 Å². The summed E-state index contributed by atoms with van der Waals surface area (Å²) in [4.78, 5) is 19.6. The number of nitrogens with zero attached hydrogens (tertiary/aromatic N) is 3. The Kier molecular flexibility index (Phi) is 5.47. The molecule has 2 aromatic carbocycles. The first-order valence-electron chi connectivity index (χ1n) is 10.6. The van der Waals surface area contributed by atoms with Crippen molar-refractivity contribution >= 4 is 22.6 Å². The average Bonchev–Trinajstić information content (AvgIpc) is 3.28. The van der Waals surface area contributed by atoms with Gasteiger partial charge in [-0.25, -0.2) is 4.98 Å². The van der Waals surface area contributed by atoms with E-state index in [1.54, 1.807) is 0 Å². The molecule has 4 heteroatoms. The van der Waals surface area contributed by atoms with Gasteiger partial charge in [-0.1, -0.05) is 44.5 Å². The summed E-state index contributed by atoms with van der Waals surface area (Å²) in [5.74, 6) is 1.39. The van der Waals surface area contributed by atoms with Gasteiger partial charge in [-0.05, 0) is 49.1 Å². The standard InChI is InChI=1S/C24H29N3O/c1-3-5-8-18-11-13-20(14-12-18)27-17-19(16-23(27)28)24-25-21-9-6-7-10-22(21)26(24)15-4-2/h6-7,9-14,19H,3-5,8,15-17H2,1-2H3. The van der Waals surface area contributed by atoms with Crippen LogP contribution in [0.4, 0.5) is 5.69 Å². The van der Waals surface area contributed by atoms with E-state index in [1.165, 1.54) is 23.9 Å². The maximum Gasteiger partial charge on any atom is 0.227 e. The number of anilines is 1. The maximum absolute atomic E-state index is 12.8. The smallest absolute Gasteiger partial charge is 0.227 e. The van der Waals surface area contributed by atoms with E-state index in [9.17, 15) is 4.79 Å². The lowest BCUT2D eigenvalue weighted by molar-refractivity contribution is -0.117. The summed E-state index contributed by atoms with van der Waals surface area (Å²) in [6.07, 6.45) is 5.10. The molecular formula is C24H29N3O. The number of imidazole rings is 1. The summed E-state index contributed by atoms with van der Waals surface area (Å²) in [7, 11) is 0. The van der Waals surface area contributed by atoms with Crippen molar-refractivity contribution in [3.63, 3.8) is 0 Å². The molecular weight excluding hydrogens is 346 g/mol. The fourth-order valence-electron chi connectivity index (χ4n) is 4.22. The Morgan fingerprint density at radius 1 is 1.04 bits per heavy atom. The number of para-hydroxylation sites is 2. The van der Waals surface area contributed by atoms with Gasteiger partial charge in [0.15, 0.2) is 0 Å².